The average Bonchev–Trinajstić information content (AvgIpc) is 3.20. The first-order valence-electron chi connectivity index (χ1n) is 11.1. The van der Waals surface area contributed by atoms with Crippen LogP contribution < -0.4 is 10.9 Å². The number of aryl methyl sites for hydroxylation is 1. The monoisotopic (exact) mass is 435 g/mol. The fraction of sp³-hybridized carbons (Fsp3) is 0.522. The van der Waals surface area contributed by atoms with Gasteiger partial charge in [0.1, 0.15) is 5.01 Å². The van der Waals surface area contributed by atoms with E-state index >= 15 is 0 Å². The first-order valence-corrected chi connectivity index (χ1v) is 11.9. The van der Waals surface area contributed by atoms with Crippen LogP contribution in [0.2, 0.25) is 0 Å². The van der Waals surface area contributed by atoms with Gasteiger partial charge in [-0.15, -0.1) is 10.2 Å². The summed E-state index contributed by atoms with van der Waals surface area (Å²) in [6, 6.07) is 7.28. The van der Waals surface area contributed by atoms with Gasteiger partial charge in [0.2, 0.25) is 11.0 Å². The molecule has 31 heavy (non-hydrogen) atoms. The molecule has 4 bridgehead atoms. The number of nitrogens with one attached hydrogen (secondary N) is 1. The predicted octanol–water partition coefficient (Wildman–Crippen LogP) is 3.43. The van der Waals surface area contributed by atoms with Gasteiger partial charge in [-0.25, -0.2) is 4.68 Å². The smallest absolute Gasteiger partial charge is 0.274 e. The van der Waals surface area contributed by atoms with Crippen molar-refractivity contribution in [2.75, 3.05) is 5.32 Å². The molecule has 7 rings (SSSR count). The zero-order valence-corrected chi connectivity index (χ0v) is 18.3. The first-order chi connectivity index (χ1) is 15.0. The van der Waals surface area contributed by atoms with Crippen LogP contribution in [0.4, 0.5) is 5.13 Å². The third-order valence-electron chi connectivity index (χ3n) is 7.52. The second-order valence-corrected chi connectivity index (χ2v) is 10.7. The summed E-state index contributed by atoms with van der Waals surface area (Å²) in [7, 11) is 1.61. The highest BCUT2D eigenvalue weighted by atomic mass is 32.1. The van der Waals surface area contributed by atoms with E-state index in [0.717, 1.165) is 22.8 Å². The fourth-order valence-corrected chi connectivity index (χ4v) is 7.66. The van der Waals surface area contributed by atoms with Gasteiger partial charge in [0.15, 0.2) is 0 Å². The predicted molar refractivity (Wildman–Crippen MR) is 119 cm³/mol. The van der Waals surface area contributed by atoms with Crippen molar-refractivity contribution in [2.24, 2.45) is 24.8 Å². The van der Waals surface area contributed by atoms with Crippen LogP contribution in [0.15, 0.2) is 29.1 Å². The highest BCUT2D eigenvalue weighted by molar-refractivity contribution is 7.15. The minimum Gasteiger partial charge on any atom is -0.300 e. The zero-order valence-electron chi connectivity index (χ0n) is 17.5. The molecule has 4 saturated carbocycles. The highest BCUT2D eigenvalue weighted by Gasteiger charge is 2.53. The molecule has 4 aliphatic carbocycles. The summed E-state index contributed by atoms with van der Waals surface area (Å²) in [5, 5.41) is 19.0. The maximum absolute atomic E-state index is 12.8. The zero-order chi connectivity index (χ0) is 21.2. The SMILES string of the molecule is Cn1nc(CC(=O)Nc2nnc(C34CC5CC(CC(C5)C3)C4)s2)c2ccccc2c1=O. The van der Waals surface area contributed by atoms with Crippen LogP contribution in [0.25, 0.3) is 10.8 Å². The van der Waals surface area contributed by atoms with Crippen LogP contribution in [0.1, 0.15) is 49.2 Å². The first kappa shape index (κ1) is 19.1. The number of anilines is 1. The number of carbonyl (C=O) groups excluding carboxylic acids is 1. The summed E-state index contributed by atoms with van der Waals surface area (Å²) in [6.07, 6.45) is 7.95. The summed E-state index contributed by atoms with van der Waals surface area (Å²) >= 11 is 1.54. The average molecular weight is 436 g/mol. The molecular weight excluding hydrogens is 410 g/mol. The molecule has 2 aromatic heterocycles. The van der Waals surface area contributed by atoms with Gasteiger partial charge in [0.05, 0.1) is 17.5 Å². The quantitative estimate of drug-likeness (QED) is 0.678. The van der Waals surface area contributed by atoms with Gasteiger partial charge in [-0.05, 0) is 62.3 Å². The second-order valence-electron chi connectivity index (χ2n) is 9.76. The Morgan fingerprint density at radius 3 is 2.42 bits per heavy atom. The molecule has 1 N–H and O–H groups in total. The number of aromatic nitrogens is 4. The molecule has 1 amide bonds. The summed E-state index contributed by atoms with van der Waals surface area (Å²) in [5.74, 6) is 2.34. The molecule has 2 heterocycles. The lowest BCUT2D eigenvalue weighted by molar-refractivity contribution is -0.115. The summed E-state index contributed by atoms with van der Waals surface area (Å²) in [5.41, 5.74) is 0.607. The van der Waals surface area contributed by atoms with Gasteiger partial charge in [-0.3, -0.25) is 9.59 Å². The molecule has 0 spiro atoms. The van der Waals surface area contributed by atoms with Crippen molar-refractivity contribution in [2.45, 2.75) is 50.4 Å². The van der Waals surface area contributed by atoms with E-state index in [4.69, 9.17) is 0 Å². The lowest BCUT2D eigenvalue weighted by Gasteiger charge is -2.55. The Morgan fingerprint density at radius 2 is 1.74 bits per heavy atom. The lowest BCUT2D eigenvalue weighted by Crippen LogP contribution is -2.48. The molecule has 0 atom stereocenters. The number of rotatable bonds is 4. The van der Waals surface area contributed by atoms with Gasteiger partial charge in [-0.1, -0.05) is 29.5 Å². The second kappa shape index (κ2) is 6.95. The molecule has 3 aromatic rings. The molecule has 4 fully saturated rings. The topological polar surface area (TPSA) is 89.8 Å². The van der Waals surface area contributed by atoms with Crippen LogP contribution in [-0.2, 0) is 23.7 Å². The van der Waals surface area contributed by atoms with Gasteiger partial charge in [0, 0.05) is 17.8 Å². The maximum atomic E-state index is 12.8. The Hall–Kier alpha value is -2.61. The van der Waals surface area contributed by atoms with Crippen LogP contribution in [-0.4, -0.2) is 25.9 Å². The molecular formula is C23H25N5O2S. The van der Waals surface area contributed by atoms with Crippen molar-refractivity contribution in [3.05, 3.63) is 45.3 Å². The van der Waals surface area contributed by atoms with Crippen LogP contribution in [0.3, 0.4) is 0 Å². The molecule has 160 valence electrons. The molecule has 1 aromatic carbocycles. The van der Waals surface area contributed by atoms with Gasteiger partial charge in [0.25, 0.3) is 5.56 Å². The number of carbonyl (C=O) groups is 1. The van der Waals surface area contributed by atoms with E-state index < -0.39 is 0 Å². The maximum Gasteiger partial charge on any atom is 0.274 e. The van der Waals surface area contributed by atoms with E-state index in [1.807, 2.05) is 18.2 Å². The lowest BCUT2D eigenvalue weighted by atomic mass is 9.50. The van der Waals surface area contributed by atoms with Crippen LogP contribution in [0, 0.1) is 17.8 Å². The molecule has 4 aliphatic rings. The molecule has 8 heteroatoms. The number of fused-ring (bicyclic) bond motifs is 1. The molecule has 7 nitrogen and oxygen atoms in total. The molecule has 0 saturated heterocycles. The summed E-state index contributed by atoms with van der Waals surface area (Å²) < 4.78 is 1.29. The molecule has 0 radical (unpaired) electrons. The van der Waals surface area contributed by atoms with Crippen molar-refractivity contribution >= 4 is 33.1 Å². The number of hydrogen-bond donors (Lipinski definition) is 1. The van der Waals surface area contributed by atoms with E-state index in [1.54, 1.807) is 13.1 Å². The number of nitrogens with zero attached hydrogens (tertiary/aromatic N) is 4. The van der Waals surface area contributed by atoms with E-state index in [9.17, 15) is 9.59 Å². The largest absolute Gasteiger partial charge is 0.300 e. The van der Waals surface area contributed by atoms with E-state index in [2.05, 4.69) is 20.6 Å². The number of benzene rings is 1. The molecule has 0 unspecified atom stereocenters. The Labute approximate surface area is 183 Å². The third kappa shape index (κ3) is 3.19. The van der Waals surface area contributed by atoms with E-state index in [-0.39, 0.29) is 23.3 Å². The minimum atomic E-state index is -0.190. The Bertz CT molecular complexity index is 1210. The van der Waals surface area contributed by atoms with Gasteiger partial charge in [-0.2, -0.15) is 5.10 Å². The summed E-state index contributed by atoms with van der Waals surface area (Å²) in [4.78, 5) is 25.1. The standard InChI is InChI=1S/C23H25N5O2S/c1-28-20(30)17-5-3-2-4-16(17)18(27-28)9-19(29)24-22-26-25-21(31-22)23-10-13-6-14(11-23)8-15(7-13)12-23/h2-5,13-15H,6-12H2,1H3,(H,24,26,29). The third-order valence-corrected chi connectivity index (χ3v) is 8.61. The normalized spacial score (nSPS) is 28.9. The minimum absolute atomic E-state index is 0.0842. The Balaban J connectivity index is 1.22. The molecule has 0 aliphatic heterocycles. The summed E-state index contributed by atoms with van der Waals surface area (Å²) in [6.45, 7) is 0. The van der Waals surface area contributed by atoms with Crippen LogP contribution in [0.5, 0.6) is 0 Å². The number of hydrogen-bond acceptors (Lipinski definition) is 6. The number of amides is 1. The highest BCUT2D eigenvalue weighted by Crippen LogP contribution is 2.61. The van der Waals surface area contributed by atoms with Crippen LogP contribution >= 0.6 is 11.3 Å². The Morgan fingerprint density at radius 1 is 1.10 bits per heavy atom. The van der Waals surface area contributed by atoms with Gasteiger partial charge < -0.3 is 5.32 Å². The van der Waals surface area contributed by atoms with Crippen molar-refractivity contribution in [3.63, 3.8) is 0 Å². The fourth-order valence-electron chi connectivity index (χ4n) is 6.68. The van der Waals surface area contributed by atoms with Crippen molar-refractivity contribution in [1.29, 1.82) is 0 Å². The Kier molecular flexibility index (Phi) is 4.28. The van der Waals surface area contributed by atoms with E-state index in [0.29, 0.717) is 21.6 Å². The van der Waals surface area contributed by atoms with Gasteiger partial charge >= 0.3 is 0 Å². The van der Waals surface area contributed by atoms with Crippen molar-refractivity contribution < 1.29 is 4.79 Å². The van der Waals surface area contributed by atoms with Crippen molar-refractivity contribution in [1.82, 2.24) is 20.0 Å². The van der Waals surface area contributed by atoms with Crippen molar-refractivity contribution in [3.8, 4) is 0 Å². The van der Waals surface area contributed by atoms with E-state index in [1.165, 1.54) is 54.5 Å².